The Balaban J connectivity index is 1.26. The van der Waals surface area contributed by atoms with Crippen molar-refractivity contribution in [3.63, 3.8) is 0 Å². The number of nitrogens with zero attached hydrogens (tertiary/aromatic N) is 2. The number of carbonyl (C=O) groups excluding carboxylic acids is 2. The van der Waals surface area contributed by atoms with Crippen molar-refractivity contribution in [1.29, 1.82) is 0 Å². The Morgan fingerprint density at radius 2 is 1.54 bits per heavy atom. The quantitative estimate of drug-likeness (QED) is 0.378. The van der Waals surface area contributed by atoms with Crippen molar-refractivity contribution in [2.24, 2.45) is 0 Å². The van der Waals surface area contributed by atoms with Crippen molar-refractivity contribution in [2.45, 2.75) is 6.54 Å². The van der Waals surface area contributed by atoms with E-state index in [1.54, 1.807) is 66.7 Å². The van der Waals surface area contributed by atoms with E-state index in [-0.39, 0.29) is 42.8 Å². The number of ether oxygens (including phenoxy) is 1. The number of aromatic nitrogens is 2. The normalized spacial score (nSPS) is 10.5. The number of benzene rings is 3. The van der Waals surface area contributed by atoms with E-state index >= 15 is 0 Å². The zero-order valence-corrected chi connectivity index (χ0v) is 18.7. The van der Waals surface area contributed by atoms with E-state index in [2.05, 4.69) is 10.4 Å². The van der Waals surface area contributed by atoms with Crippen molar-refractivity contribution in [2.75, 3.05) is 13.2 Å². The van der Waals surface area contributed by atoms with Gasteiger partial charge in [-0.25, -0.2) is 9.07 Å². The topological polar surface area (TPSA) is 90.3 Å². The predicted molar refractivity (Wildman–Crippen MR) is 129 cm³/mol. The van der Waals surface area contributed by atoms with E-state index < -0.39 is 0 Å². The zero-order valence-electron chi connectivity index (χ0n) is 18.7. The summed E-state index contributed by atoms with van der Waals surface area (Å²) in [6.45, 7) is 0.117. The molecule has 7 nitrogen and oxygen atoms in total. The third-order valence-corrected chi connectivity index (χ3v) is 5.17. The molecule has 1 aromatic heterocycles. The van der Waals surface area contributed by atoms with E-state index in [1.165, 1.54) is 22.9 Å². The molecule has 176 valence electrons. The first-order valence-electron chi connectivity index (χ1n) is 10.9. The molecule has 0 saturated heterocycles. The van der Waals surface area contributed by atoms with Crippen LogP contribution in [0.1, 0.15) is 15.9 Å². The van der Waals surface area contributed by atoms with Crippen LogP contribution in [-0.4, -0.2) is 34.6 Å². The largest absolute Gasteiger partial charge is 0.484 e. The maximum atomic E-state index is 13.1. The number of ketones is 1. The number of amides is 1. The molecule has 0 aliphatic rings. The first-order chi connectivity index (χ1) is 17.0. The Kier molecular flexibility index (Phi) is 7.42. The minimum Gasteiger partial charge on any atom is -0.484 e. The SMILES string of the molecule is O=C(COc1ccc(C(=O)c2ccccc2)cc1)NCCn1nc(-c2ccc(F)cc2)ccc1=O. The molecule has 4 rings (SSSR count). The molecule has 0 atom stereocenters. The van der Waals surface area contributed by atoms with E-state index in [0.29, 0.717) is 28.1 Å². The van der Waals surface area contributed by atoms with Crippen molar-refractivity contribution >= 4 is 11.7 Å². The molecule has 8 heteroatoms. The fourth-order valence-corrected chi connectivity index (χ4v) is 3.34. The molecular formula is C27H22FN3O4. The molecule has 0 unspecified atom stereocenters. The van der Waals surface area contributed by atoms with Gasteiger partial charge in [-0.2, -0.15) is 5.10 Å². The highest BCUT2D eigenvalue weighted by Crippen LogP contribution is 2.16. The molecule has 0 spiro atoms. The van der Waals surface area contributed by atoms with E-state index in [4.69, 9.17) is 4.74 Å². The van der Waals surface area contributed by atoms with Gasteiger partial charge in [0.05, 0.1) is 12.2 Å². The molecule has 35 heavy (non-hydrogen) atoms. The lowest BCUT2D eigenvalue weighted by molar-refractivity contribution is -0.123. The van der Waals surface area contributed by atoms with Gasteiger partial charge in [0.1, 0.15) is 11.6 Å². The van der Waals surface area contributed by atoms with Crippen LogP contribution >= 0.6 is 0 Å². The molecule has 0 bridgehead atoms. The van der Waals surface area contributed by atoms with Gasteiger partial charge >= 0.3 is 0 Å². The summed E-state index contributed by atoms with van der Waals surface area (Å²) in [7, 11) is 0. The van der Waals surface area contributed by atoms with Gasteiger partial charge in [0, 0.05) is 29.3 Å². The Morgan fingerprint density at radius 1 is 0.857 bits per heavy atom. The van der Waals surface area contributed by atoms with Gasteiger partial charge in [0.25, 0.3) is 11.5 Å². The fraction of sp³-hybridized carbons (Fsp3) is 0.111. The number of hydrogen-bond donors (Lipinski definition) is 1. The van der Waals surface area contributed by atoms with Crippen LogP contribution in [0.4, 0.5) is 4.39 Å². The van der Waals surface area contributed by atoms with Crippen LogP contribution in [-0.2, 0) is 11.3 Å². The summed E-state index contributed by atoms with van der Waals surface area (Å²) in [4.78, 5) is 36.7. The van der Waals surface area contributed by atoms with Crippen LogP contribution in [0.5, 0.6) is 5.75 Å². The Bertz CT molecular complexity index is 1370. The molecular weight excluding hydrogens is 449 g/mol. The lowest BCUT2D eigenvalue weighted by Gasteiger charge is -2.10. The minimum atomic E-state index is -0.364. The third-order valence-electron chi connectivity index (χ3n) is 5.17. The predicted octanol–water partition coefficient (Wildman–Crippen LogP) is 3.48. The molecule has 4 aromatic rings. The van der Waals surface area contributed by atoms with Gasteiger partial charge < -0.3 is 10.1 Å². The fourth-order valence-electron chi connectivity index (χ4n) is 3.34. The maximum absolute atomic E-state index is 13.1. The zero-order chi connectivity index (χ0) is 24.6. The second-order valence-electron chi connectivity index (χ2n) is 7.65. The summed E-state index contributed by atoms with van der Waals surface area (Å²) in [5, 5.41) is 6.96. The smallest absolute Gasteiger partial charge is 0.266 e. The van der Waals surface area contributed by atoms with E-state index in [9.17, 15) is 18.8 Å². The van der Waals surface area contributed by atoms with Gasteiger partial charge in [-0.1, -0.05) is 30.3 Å². The van der Waals surface area contributed by atoms with Crippen LogP contribution in [0.2, 0.25) is 0 Å². The van der Waals surface area contributed by atoms with Crippen LogP contribution in [0, 0.1) is 5.82 Å². The van der Waals surface area contributed by atoms with E-state index in [0.717, 1.165) is 0 Å². The lowest BCUT2D eigenvalue weighted by Crippen LogP contribution is -2.34. The highest BCUT2D eigenvalue weighted by molar-refractivity contribution is 6.08. The molecule has 0 fully saturated rings. The number of rotatable bonds is 9. The van der Waals surface area contributed by atoms with Gasteiger partial charge in [0.15, 0.2) is 12.4 Å². The summed E-state index contributed by atoms with van der Waals surface area (Å²) < 4.78 is 19.9. The molecule has 0 radical (unpaired) electrons. The van der Waals surface area contributed by atoms with Gasteiger partial charge in [-0.05, 0) is 54.6 Å². The Morgan fingerprint density at radius 3 is 2.26 bits per heavy atom. The standard InChI is InChI=1S/C27H22FN3O4/c28-22-10-6-19(7-11-22)24-14-15-26(33)31(30-24)17-16-29-25(32)18-35-23-12-8-21(9-13-23)27(34)20-4-2-1-3-5-20/h1-15H,16-18H2,(H,29,32). The molecule has 1 amide bonds. The molecule has 1 N–H and O–H groups in total. The maximum Gasteiger partial charge on any atom is 0.266 e. The minimum absolute atomic E-state index is 0.0951. The highest BCUT2D eigenvalue weighted by Gasteiger charge is 2.09. The average Bonchev–Trinajstić information content (AvgIpc) is 2.89. The van der Waals surface area contributed by atoms with Crippen molar-refractivity contribution in [3.8, 4) is 17.0 Å². The summed E-state index contributed by atoms with van der Waals surface area (Å²) in [5.74, 6) is -0.363. The monoisotopic (exact) mass is 471 g/mol. The lowest BCUT2D eigenvalue weighted by atomic mass is 10.0. The summed E-state index contributed by atoms with van der Waals surface area (Å²) in [6, 6.07) is 24.3. The number of nitrogens with one attached hydrogen (secondary N) is 1. The second kappa shape index (κ2) is 11.0. The average molecular weight is 471 g/mol. The summed E-state index contributed by atoms with van der Waals surface area (Å²) in [6.07, 6.45) is 0. The summed E-state index contributed by atoms with van der Waals surface area (Å²) >= 11 is 0. The van der Waals surface area contributed by atoms with Gasteiger partial charge in [-0.15, -0.1) is 0 Å². The summed E-state index contributed by atoms with van der Waals surface area (Å²) in [5.41, 5.74) is 2.00. The highest BCUT2D eigenvalue weighted by atomic mass is 19.1. The molecule has 0 aliphatic carbocycles. The van der Waals surface area contributed by atoms with Crippen molar-refractivity contribution < 1.29 is 18.7 Å². The van der Waals surface area contributed by atoms with Gasteiger partial charge in [-0.3, -0.25) is 14.4 Å². The molecule has 0 aliphatic heterocycles. The number of halogens is 1. The Hall–Kier alpha value is -4.59. The van der Waals surface area contributed by atoms with Gasteiger partial charge in [0.2, 0.25) is 0 Å². The second-order valence-corrected chi connectivity index (χ2v) is 7.65. The molecule has 1 heterocycles. The third kappa shape index (κ3) is 6.26. The van der Waals surface area contributed by atoms with Crippen molar-refractivity contribution in [3.05, 3.63) is 118 Å². The van der Waals surface area contributed by atoms with Crippen LogP contribution < -0.4 is 15.6 Å². The van der Waals surface area contributed by atoms with Crippen molar-refractivity contribution in [1.82, 2.24) is 15.1 Å². The number of carbonyl (C=O) groups is 2. The first kappa shape index (κ1) is 23.6. The Labute approximate surface area is 200 Å². The van der Waals surface area contributed by atoms with E-state index in [1.807, 2.05) is 6.07 Å². The molecule has 3 aromatic carbocycles. The van der Waals surface area contributed by atoms with Crippen LogP contribution in [0.3, 0.4) is 0 Å². The molecule has 0 saturated carbocycles. The first-order valence-corrected chi connectivity index (χ1v) is 10.9. The van der Waals surface area contributed by atoms with Crippen LogP contribution in [0.15, 0.2) is 95.8 Å². The number of hydrogen-bond acceptors (Lipinski definition) is 5. The van der Waals surface area contributed by atoms with Crippen LogP contribution in [0.25, 0.3) is 11.3 Å².